The van der Waals surface area contributed by atoms with Gasteiger partial charge in [-0.1, -0.05) is 167 Å². The summed E-state index contributed by atoms with van der Waals surface area (Å²) < 4.78 is 6.96. The summed E-state index contributed by atoms with van der Waals surface area (Å²) in [6.45, 7) is 9.41. The smallest absolute Gasteiger partial charge is 0.152 e. The third kappa shape index (κ3) is 5.23. The Morgan fingerprint density at radius 3 is 1.90 bits per heavy atom. The van der Waals surface area contributed by atoms with Crippen LogP contribution in [0.5, 0.6) is 11.5 Å². The third-order valence-electron chi connectivity index (χ3n) is 13.6. The van der Waals surface area contributed by atoms with E-state index in [1.54, 1.807) is 0 Å². The number of para-hydroxylation sites is 2. The molecule has 61 heavy (non-hydrogen) atoms. The van der Waals surface area contributed by atoms with E-state index in [0.29, 0.717) is 0 Å². The summed E-state index contributed by atoms with van der Waals surface area (Å²) in [7, 11) is 0. The fourth-order valence-electron chi connectivity index (χ4n) is 10.5. The summed E-state index contributed by atoms with van der Waals surface area (Å²) >= 11 is 0. The molecule has 0 N–H and O–H groups in total. The van der Waals surface area contributed by atoms with Gasteiger partial charge in [-0.25, -0.2) is 0 Å². The quantitative estimate of drug-likeness (QED) is 0.173. The molecule has 0 saturated carbocycles. The zero-order valence-electron chi connectivity index (χ0n) is 34.8. The Bertz CT molecular complexity index is 3230. The monoisotopic (exact) mass is 784 g/mol. The van der Waals surface area contributed by atoms with Gasteiger partial charge in [-0.3, -0.25) is 0 Å². The first-order valence-corrected chi connectivity index (χ1v) is 21.3. The molecular weight excluding hydrogens is 741 g/mol. The number of fused-ring (bicyclic) bond motifs is 9. The highest BCUT2D eigenvalue weighted by molar-refractivity contribution is 6.06. The van der Waals surface area contributed by atoms with Crippen LogP contribution in [0, 0.1) is 0 Å². The van der Waals surface area contributed by atoms with E-state index in [2.05, 4.69) is 232 Å². The molecule has 0 atom stereocenters. The zero-order valence-corrected chi connectivity index (χ0v) is 34.8. The van der Waals surface area contributed by atoms with E-state index < -0.39 is 0 Å². The van der Waals surface area contributed by atoms with Gasteiger partial charge in [-0.2, -0.15) is 0 Å². The molecule has 0 amide bonds. The lowest BCUT2D eigenvalue weighted by Crippen LogP contribution is -2.32. The van der Waals surface area contributed by atoms with Crippen molar-refractivity contribution in [1.29, 1.82) is 0 Å². The van der Waals surface area contributed by atoms with Crippen LogP contribution in [-0.4, -0.2) is 0 Å². The first-order valence-electron chi connectivity index (χ1n) is 21.3. The second kappa shape index (κ2) is 13.1. The van der Waals surface area contributed by atoms with Gasteiger partial charge >= 0.3 is 0 Å². The highest BCUT2D eigenvalue weighted by Crippen LogP contribution is 2.62. The van der Waals surface area contributed by atoms with Gasteiger partial charge in [0, 0.05) is 33.2 Å². The van der Waals surface area contributed by atoms with Crippen LogP contribution in [0.2, 0.25) is 0 Å². The van der Waals surface area contributed by atoms with E-state index in [0.717, 1.165) is 51.1 Å². The molecule has 0 spiro atoms. The van der Waals surface area contributed by atoms with Crippen LogP contribution in [0.1, 0.15) is 49.9 Å². The summed E-state index contributed by atoms with van der Waals surface area (Å²) in [5.74, 6) is 1.75. The SMILES string of the molecule is CC1(C)c2ccccc2-c2ccc(N(c3ccc(-c4cc5c6c(c4)C(C)(C)c4ccccc4N6c4c(ccc6ccccc46)O5)cc3)c3ccccc3-c3ccccc3)cc21. The Hall–Kier alpha value is -7.36. The normalized spacial score (nSPS) is 14.6. The van der Waals surface area contributed by atoms with Gasteiger partial charge in [0.1, 0.15) is 0 Å². The number of nitrogens with zero attached hydrogens (tertiary/aromatic N) is 2. The molecule has 292 valence electrons. The van der Waals surface area contributed by atoms with Crippen molar-refractivity contribution >= 4 is 44.9 Å². The van der Waals surface area contributed by atoms with Crippen molar-refractivity contribution in [1.82, 2.24) is 0 Å². The molecule has 2 aliphatic heterocycles. The molecule has 9 aromatic carbocycles. The molecule has 0 fully saturated rings. The average molecular weight is 785 g/mol. The van der Waals surface area contributed by atoms with Crippen molar-refractivity contribution in [2.75, 3.05) is 9.80 Å². The molecule has 1 aliphatic carbocycles. The Morgan fingerprint density at radius 2 is 1.07 bits per heavy atom. The van der Waals surface area contributed by atoms with E-state index in [4.69, 9.17) is 4.74 Å². The van der Waals surface area contributed by atoms with Crippen LogP contribution in [0.15, 0.2) is 194 Å². The molecule has 3 heteroatoms. The molecular formula is C58H44N2O. The van der Waals surface area contributed by atoms with E-state index >= 15 is 0 Å². The topological polar surface area (TPSA) is 15.7 Å². The Labute approximate surface area is 357 Å². The highest BCUT2D eigenvalue weighted by Gasteiger charge is 2.42. The third-order valence-corrected chi connectivity index (χ3v) is 13.6. The van der Waals surface area contributed by atoms with Crippen LogP contribution >= 0.6 is 0 Å². The van der Waals surface area contributed by atoms with Crippen molar-refractivity contribution in [3.8, 4) is 44.9 Å². The van der Waals surface area contributed by atoms with Gasteiger partial charge in [0.2, 0.25) is 0 Å². The second-order valence-corrected chi connectivity index (χ2v) is 17.7. The van der Waals surface area contributed by atoms with E-state index in [9.17, 15) is 0 Å². The fourth-order valence-corrected chi connectivity index (χ4v) is 10.5. The number of benzene rings is 9. The van der Waals surface area contributed by atoms with E-state index in [1.165, 1.54) is 61.0 Å². The van der Waals surface area contributed by atoms with Crippen molar-refractivity contribution in [2.45, 2.75) is 38.5 Å². The number of rotatable bonds is 5. The molecule has 3 nitrogen and oxygen atoms in total. The molecule has 0 radical (unpaired) electrons. The van der Waals surface area contributed by atoms with Crippen LogP contribution < -0.4 is 14.5 Å². The summed E-state index contributed by atoms with van der Waals surface area (Å²) in [6.07, 6.45) is 0. The standard InChI is InChI=1S/C58H44N2O/c1-57(2)47-22-12-10-21-45(47)46-32-31-42(36-49(46)57)59(51-24-14-11-19-43(51)38-16-6-5-7-17-38)41-29-26-37(27-30-41)40-34-50-56-54(35-40)61-53-33-28-39-18-8-9-20-44(39)55(53)60(56)52-25-15-13-23-48(52)58(50,3)4/h5-36H,1-4H3. The molecule has 0 aromatic heterocycles. The average Bonchev–Trinajstić information content (AvgIpc) is 3.53. The summed E-state index contributed by atoms with van der Waals surface area (Å²) in [5.41, 5.74) is 19.0. The summed E-state index contributed by atoms with van der Waals surface area (Å²) in [6, 6.07) is 71.0. The molecule has 12 rings (SSSR count). The molecule has 0 saturated heterocycles. The minimum absolute atomic E-state index is 0.122. The maximum atomic E-state index is 6.96. The van der Waals surface area contributed by atoms with Crippen molar-refractivity contribution in [2.24, 2.45) is 0 Å². The highest BCUT2D eigenvalue weighted by atomic mass is 16.5. The maximum absolute atomic E-state index is 6.96. The fraction of sp³-hybridized carbons (Fsp3) is 0.103. The predicted octanol–water partition coefficient (Wildman–Crippen LogP) is 16.2. The van der Waals surface area contributed by atoms with Crippen molar-refractivity contribution in [3.05, 3.63) is 216 Å². The van der Waals surface area contributed by atoms with E-state index in [1.807, 2.05) is 0 Å². The van der Waals surface area contributed by atoms with Crippen LogP contribution in [-0.2, 0) is 10.8 Å². The van der Waals surface area contributed by atoms with Gasteiger partial charge in [0.25, 0.3) is 0 Å². The number of ether oxygens (including phenoxy) is 1. The summed E-state index contributed by atoms with van der Waals surface area (Å²) in [5, 5.41) is 2.38. The number of hydrogen-bond donors (Lipinski definition) is 0. The largest absolute Gasteiger partial charge is 0.453 e. The molecule has 0 unspecified atom stereocenters. The number of anilines is 6. The minimum Gasteiger partial charge on any atom is -0.453 e. The lowest BCUT2D eigenvalue weighted by atomic mass is 9.72. The second-order valence-electron chi connectivity index (χ2n) is 17.7. The van der Waals surface area contributed by atoms with Gasteiger partial charge in [0.15, 0.2) is 11.5 Å². The Morgan fingerprint density at radius 1 is 0.410 bits per heavy atom. The molecule has 3 aliphatic rings. The first kappa shape index (κ1) is 35.6. The van der Waals surface area contributed by atoms with Gasteiger partial charge in [-0.15, -0.1) is 0 Å². The zero-order chi connectivity index (χ0) is 41.0. The van der Waals surface area contributed by atoms with Crippen molar-refractivity contribution < 1.29 is 4.74 Å². The van der Waals surface area contributed by atoms with Crippen LogP contribution in [0.4, 0.5) is 34.1 Å². The summed E-state index contributed by atoms with van der Waals surface area (Å²) in [4.78, 5) is 4.89. The van der Waals surface area contributed by atoms with Crippen LogP contribution in [0.25, 0.3) is 44.2 Å². The van der Waals surface area contributed by atoms with Gasteiger partial charge in [0.05, 0.1) is 22.7 Å². The Balaban J connectivity index is 1.01. The van der Waals surface area contributed by atoms with Gasteiger partial charge in [-0.05, 0) is 110 Å². The van der Waals surface area contributed by atoms with Crippen LogP contribution in [0.3, 0.4) is 0 Å². The molecule has 9 aromatic rings. The molecule has 2 heterocycles. The first-order chi connectivity index (χ1) is 29.8. The maximum Gasteiger partial charge on any atom is 0.152 e. The number of hydrogen-bond acceptors (Lipinski definition) is 3. The molecule has 0 bridgehead atoms. The Kier molecular flexibility index (Phi) is 7.62. The lowest BCUT2D eigenvalue weighted by Gasteiger charge is -2.45. The van der Waals surface area contributed by atoms with E-state index in [-0.39, 0.29) is 10.8 Å². The van der Waals surface area contributed by atoms with Gasteiger partial charge < -0.3 is 14.5 Å². The lowest BCUT2D eigenvalue weighted by molar-refractivity contribution is 0.472. The minimum atomic E-state index is -0.266. The van der Waals surface area contributed by atoms with Crippen molar-refractivity contribution in [3.63, 3.8) is 0 Å². The predicted molar refractivity (Wildman–Crippen MR) is 254 cm³/mol.